The molecule has 3 heteroatoms. The largest absolute Gasteiger partial charge is 0.396 e. The van der Waals surface area contributed by atoms with E-state index < -0.39 is 0 Å². The van der Waals surface area contributed by atoms with Crippen molar-refractivity contribution in [3.05, 3.63) is 0 Å². The standard InChI is InChI=1S/C9H16O3/c1-11-8-7(6-10)9(8)2-4-12-5-3-9/h7-8,10H,2-6H2,1H3. The predicted octanol–water partition coefficient (Wildman–Crippen LogP) is 0.420. The van der Waals surface area contributed by atoms with Crippen molar-refractivity contribution in [2.75, 3.05) is 26.9 Å². The molecule has 2 aliphatic rings. The Labute approximate surface area is 72.7 Å². The summed E-state index contributed by atoms with van der Waals surface area (Å²) in [7, 11) is 1.73. The smallest absolute Gasteiger partial charge is 0.0690 e. The number of methoxy groups -OCH3 is 1. The second-order valence-corrected chi connectivity index (χ2v) is 3.79. The van der Waals surface area contributed by atoms with E-state index in [0.717, 1.165) is 26.1 Å². The van der Waals surface area contributed by atoms with Crippen LogP contribution in [0.5, 0.6) is 0 Å². The third-order valence-corrected chi connectivity index (χ3v) is 3.44. The van der Waals surface area contributed by atoms with Gasteiger partial charge < -0.3 is 14.6 Å². The molecule has 2 fully saturated rings. The number of hydrogen-bond acceptors (Lipinski definition) is 3. The van der Waals surface area contributed by atoms with Gasteiger partial charge in [0.25, 0.3) is 0 Å². The third kappa shape index (κ3) is 1.00. The summed E-state index contributed by atoms with van der Waals surface area (Å²) >= 11 is 0. The quantitative estimate of drug-likeness (QED) is 0.656. The molecule has 1 saturated heterocycles. The molecule has 0 aromatic carbocycles. The Morgan fingerprint density at radius 1 is 1.50 bits per heavy atom. The summed E-state index contributed by atoms with van der Waals surface area (Å²) in [5.41, 5.74) is 0.266. The van der Waals surface area contributed by atoms with Gasteiger partial charge in [0, 0.05) is 38.3 Å². The van der Waals surface area contributed by atoms with Gasteiger partial charge in [-0.15, -0.1) is 0 Å². The van der Waals surface area contributed by atoms with E-state index in [1.807, 2.05) is 0 Å². The first kappa shape index (κ1) is 8.48. The molecule has 2 atom stereocenters. The fourth-order valence-corrected chi connectivity index (χ4v) is 2.62. The maximum atomic E-state index is 9.10. The summed E-state index contributed by atoms with van der Waals surface area (Å²) in [6.07, 6.45) is 2.39. The molecule has 0 radical (unpaired) electrons. The number of hydrogen-bond donors (Lipinski definition) is 1. The first-order valence-electron chi connectivity index (χ1n) is 4.56. The van der Waals surface area contributed by atoms with Crippen molar-refractivity contribution in [2.45, 2.75) is 18.9 Å². The van der Waals surface area contributed by atoms with Gasteiger partial charge in [0.15, 0.2) is 0 Å². The SMILES string of the molecule is COC1C(CO)C12CCOCC2. The minimum Gasteiger partial charge on any atom is -0.396 e. The Morgan fingerprint density at radius 3 is 2.58 bits per heavy atom. The van der Waals surface area contributed by atoms with Gasteiger partial charge in [0.2, 0.25) is 0 Å². The Hall–Kier alpha value is -0.120. The van der Waals surface area contributed by atoms with Gasteiger partial charge in [0.1, 0.15) is 0 Å². The molecule has 0 amide bonds. The first-order chi connectivity index (χ1) is 5.85. The number of ether oxygens (including phenoxy) is 2. The predicted molar refractivity (Wildman–Crippen MR) is 43.9 cm³/mol. The summed E-state index contributed by atoms with van der Waals surface area (Å²) in [5.74, 6) is 0.367. The van der Waals surface area contributed by atoms with Crippen molar-refractivity contribution >= 4 is 0 Å². The highest BCUT2D eigenvalue weighted by Gasteiger charge is 2.64. The normalized spacial score (nSPS) is 38.5. The lowest BCUT2D eigenvalue weighted by molar-refractivity contribution is 0.0282. The van der Waals surface area contributed by atoms with Crippen LogP contribution >= 0.6 is 0 Å². The summed E-state index contributed by atoms with van der Waals surface area (Å²) in [6.45, 7) is 1.92. The zero-order chi connectivity index (χ0) is 8.60. The van der Waals surface area contributed by atoms with E-state index >= 15 is 0 Å². The molecule has 1 N–H and O–H groups in total. The van der Waals surface area contributed by atoms with Gasteiger partial charge in [0.05, 0.1) is 6.10 Å². The topological polar surface area (TPSA) is 38.7 Å². The van der Waals surface area contributed by atoms with Gasteiger partial charge in [-0.05, 0) is 12.8 Å². The lowest BCUT2D eigenvalue weighted by Gasteiger charge is -2.22. The Kier molecular flexibility index (Phi) is 2.10. The Morgan fingerprint density at radius 2 is 2.17 bits per heavy atom. The average Bonchev–Trinajstić information content (AvgIpc) is 2.73. The molecule has 3 nitrogen and oxygen atoms in total. The molecule has 1 heterocycles. The molecular formula is C9H16O3. The van der Waals surface area contributed by atoms with E-state index in [2.05, 4.69) is 0 Å². The minimum atomic E-state index is 0.262. The lowest BCUT2D eigenvalue weighted by atomic mass is 9.94. The van der Waals surface area contributed by atoms with Crippen molar-refractivity contribution < 1.29 is 14.6 Å². The lowest BCUT2D eigenvalue weighted by Crippen LogP contribution is -2.21. The highest BCUT2D eigenvalue weighted by molar-refractivity contribution is 5.12. The molecule has 1 spiro atoms. The minimum absolute atomic E-state index is 0.262. The molecule has 2 unspecified atom stereocenters. The number of aliphatic hydroxyl groups is 1. The summed E-state index contributed by atoms with van der Waals surface area (Å²) in [6, 6.07) is 0. The van der Waals surface area contributed by atoms with E-state index in [1.54, 1.807) is 7.11 Å². The van der Waals surface area contributed by atoms with Crippen molar-refractivity contribution in [1.82, 2.24) is 0 Å². The number of aliphatic hydroxyl groups excluding tert-OH is 1. The molecule has 2 rings (SSSR count). The second kappa shape index (κ2) is 2.98. The molecule has 1 saturated carbocycles. The van der Waals surface area contributed by atoms with Crippen molar-refractivity contribution in [3.8, 4) is 0 Å². The van der Waals surface area contributed by atoms with Crippen LogP contribution in [0.15, 0.2) is 0 Å². The van der Waals surface area contributed by atoms with Crippen LogP contribution in [-0.2, 0) is 9.47 Å². The van der Waals surface area contributed by atoms with Crippen LogP contribution in [0.1, 0.15) is 12.8 Å². The zero-order valence-electron chi connectivity index (χ0n) is 7.45. The molecule has 0 bridgehead atoms. The van der Waals surface area contributed by atoms with Crippen LogP contribution in [-0.4, -0.2) is 38.1 Å². The zero-order valence-corrected chi connectivity index (χ0v) is 7.45. The summed E-state index contributed by atoms with van der Waals surface area (Å²) in [5, 5.41) is 9.10. The average molecular weight is 172 g/mol. The molecule has 0 aromatic heterocycles. The first-order valence-corrected chi connectivity index (χ1v) is 4.56. The van der Waals surface area contributed by atoms with Gasteiger partial charge >= 0.3 is 0 Å². The van der Waals surface area contributed by atoms with Crippen LogP contribution in [0.3, 0.4) is 0 Å². The molecule has 0 aromatic rings. The van der Waals surface area contributed by atoms with Crippen LogP contribution in [0.2, 0.25) is 0 Å². The van der Waals surface area contributed by atoms with Crippen LogP contribution in [0.4, 0.5) is 0 Å². The van der Waals surface area contributed by atoms with E-state index in [-0.39, 0.29) is 18.1 Å². The van der Waals surface area contributed by atoms with E-state index in [0.29, 0.717) is 5.92 Å². The fraction of sp³-hybridized carbons (Fsp3) is 1.00. The second-order valence-electron chi connectivity index (χ2n) is 3.79. The van der Waals surface area contributed by atoms with Gasteiger partial charge in [-0.1, -0.05) is 0 Å². The van der Waals surface area contributed by atoms with Crippen molar-refractivity contribution in [3.63, 3.8) is 0 Å². The van der Waals surface area contributed by atoms with Gasteiger partial charge in [-0.25, -0.2) is 0 Å². The van der Waals surface area contributed by atoms with Gasteiger partial charge in [-0.3, -0.25) is 0 Å². The highest BCUT2D eigenvalue weighted by atomic mass is 16.5. The van der Waals surface area contributed by atoms with E-state index in [9.17, 15) is 0 Å². The monoisotopic (exact) mass is 172 g/mol. The molecule has 12 heavy (non-hydrogen) atoms. The maximum absolute atomic E-state index is 9.10. The van der Waals surface area contributed by atoms with E-state index in [1.165, 1.54) is 0 Å². The summed E-state index contributed by atoms with van der Waals surface area (Å²) < 4.78 is 10.6. The fourth-order valence-electron chi connectivity index (χ4n) is 2.62. The molecule has 1 aliphatic heterocycles. The molecule has 1 aliphatic carbocycles. The third-order valence-electron chi connectivity index (χ3n) is 3.44. The Bertz CT molecular complexity index is 151. The summed E-state index contributed by atoms with van der Waals surface area (Å²) in [4.78, 5) is 0. The van der Waals surface area contributed by atoms with Crippen molar-refractivity contribution in [2.24, 2.45) is 11.3 Å². The molecular weight excluding hydrogens is 156 g/mol. The van der Waals surface area contributed by atoms with Crippen LogP contribution < -0.4 is 0 Å². The van der Waals surface area contributed by atoms with Gasteiger partial charge in [-0.2, -0.15) is 0 Å². The number of rotatable bonds is 2. The Balaban J connectivity index is 2.01. The van der Waals surface area contributed by atoms with Crippen LogP contribution in [0.25, 0.3) is 0 Å². The molecule has 70 valence electrons. The van der Waals surface area contributed by atoms with Crippen LogP contribution in [0, 0.1) is 11.3 Å². The van der Waals surface area contributed by atoms with Crippen molar-refractivity contribution in [1.29, 1.82) is 0 Å². The highest BCUT2D eigenvalue weighted by Crippen LogP contribution is 2.60. The van der Waals surface area contributed by atoms with E-state index in [4.69, 9.17) is 14.6 Å². The maximum Gasteiger partial charge on any atom is 0.0690 e.